The molecule has 0 aliphatic heterocycles. The summed E-state index contributed by atoms with van der Waals surface area (Å²) >= 11 is 1.96. The number of nitrogens with one attached hydrogen (secondary N) is 1. The molecule has 1 N–H and O–H groups in total. The predicted octanol–water partition coefficient (Wildman–Crippen LogP) is 4.64. The van der Waals surface area contributed by atoms with E-state index >= 15 is 0 Å². The molecule has 2 nitrogen and oxygen atoms in total. The maximum atomic E-state index is 4.93. The number of rotatable bonds is 4. The summed E-state index contributed by atoms with van der Waals surface area (Å²) in [6, 6.07) is 0. The highest BCUT2D eigenvalue weighted by Crippen LogP contribution is 2.36. The first-order valence-electron chi connectivity index (χ1n) is 7.73. The summed E-state index contributed by atoms with van der Waals surface area (Å²) in [6.45, 7) is 9.86. The van der Waals surface area contributed by atoms with Gasteiger partial charge < -0.3 is 5.32 Å². The second kappa shape index (κ2) is 6.36. The van der Waals surface area contributed by atoms with Crippen LogP contribution in [-0.4, -0.2) is 10.5 Å². The van der Waals surface area contributed by atoms with E-state index < -0.39 is 0 Å². The van der Waals surface area contributed by atoms with E-state index in [1.54, 1.807) is 0 Å². The van der Waals surface area contributed by atoms with Gasteiger partial charge in [-0.2, -0.15) is 0 Å². The number of aryl methyl sites for hydroxylation is 1. The van der Waals surface area contributed by atoms with Gasteiger partial charge in [-0.25, -0.2) is 4.98 Å². The van der Waals surface area contributed by atoms with Crippen molar-refractivity contribution in [3.05, 3.63) is 15.6 Å². The predicted molar refractivity (Wildman–Crippen MR) is 83.9 cm³/mol. The molecule has 0 saturated heterocycles. The van der Waals surface area contributed by atoms with Gasteiger partial charge in [0, 0.05) is 22.9 Å². The molecule has 1 aliphatic carbocycles. The van der Waals surface area contributed by atoms with E-state index in [0.717, 1.165) is 18.9 Å². The van der Waals surface area contributed by atoms with Crippen molar-refractivity contribution >= 4 is 11.3 Å². The molecular formula is C16H28N2S. The van der Waals surface area contributed by atoms with E-state index in [0.29, 0.717) is 0 Å². The summed E-state index contributed by atoms with van der Waals surface area (Å²) in [5.74, 6) is 0.743. The molecule has 3 heteroatoms. The van der Waals surface area contributed by atoms with E-state index in [1.807, 2.05) is 11.3 Å². The summed E-state index contributed by atoms with van der Waals surface area (Å²) in [6.07, 6.45) is 7.96. The Balaban J connectivity index is 2.07. The van der Waals surface area contributed by atoms with Crippen molar-refractivity contribution in [3.63, 3.8) is 0 Å². The van der Waals surface area contributed by atoms with Gasteiger partial charge in [-0.1, -0.05) is 26.2 Å². The van der Waals surface area contributed by atoms with Crippen LogP contribution in [0.3, 0.4) is 0 Å². The van der Waals surface area contributed by atoms with Crippen LogP contribution in [0.2, 0.25) is 0 Å². The molecule has 0 spiro atoms. The standard InChI is InChI=1S/C16H28N2S/c1-5-13-14(11-17-16(2,3)4)19-15(18-13)12-9-7-6-8-10-12/h12,17H,5-11H2,1-4H3. The van der Waals surface area contributed by atoms with Crippen LogP contribution in [0.4, 0.5) is 0 Å². The average molecular weight is 280 g/mol. The Kier molecular flexibility index (Phi) is 5.02. The number of hydrogen-bond acceptors (Lipinski definition) is 3. The Morgan fingerprint density at radius 2 is 1.89 bits per heavy atom. The summed E-state index contributed by atoms with van der Waals surface area (Å²) in [4.78, 5) is 6.39. The largest absolute Gasteiger partial charge is 0.307 e. The highest BCUT2D eigenvalue weighted by atomic mass is 32.1. The van der Waals surface area contributed by atoms with Crippen LogP contribution in [0.5, 0.6) is 0 Å². The molecule has 2 rings (SSSR count). The molecule has 0 amide bonds. The molecule has 108 valence electrons. The van der Waals surface area contributed by atoms with Crippen molar-refractivity contribution < 1.29 is 0 Å². The fraction of sp³-hybridized carbons (Fsp3) is 0.812. The quantitative estimate of drug-likeness (QED) is 0.869. The molecule has 1 saturated carbocycles. The normalized spacial score (nSPS) is 17.9. The Morgan fingerprint density at radius 3 is 2.47 bits per heavy atom. The monoisotopic (exact) mass is 280 g/mol. The Morgan fingerprint density at radius 1 is 1.21 bits per heavy atom. The van der Waals surface area contributed by atoms with Crippen LogP contribution in [0, 0.1) is 0 Å². The molecular weight excluding hydrogens is 252 g/mol. The Labute approximate surface area is 122 Å². The summed E-state index contributed by atoms with van der Waals surface area (Å²) < 4.78 is 0. The van der Waals surface area contributed by atoms with Crippen molar-refractivity contribution in [2.24, 2.45) is 0 Å². The first kappa shape index (κ1) is 15.0. The fourth-order valence-electron chi connectivity index (χ4n) is 2.69. The van der Waals surface area contributed by atoms with Gasteiger partial charge in [-0.3, -0.25) is 0 Å². The minimum atomic E-state index is 0.181. The third-order valence-electron chi connectivity index (χ3n) is 3.86. The lowest BCUT2D eigenvalue weighted by Crippen LogP contribution is -2.35. The summed E-state index contributed by atoms with van der Waals surface area (Å²) in [5, 5.41) is 5.00. The van der Waals surface area contributed by atoms with E-state index in [4.69, 9.17) is 4.98 Å². The van der Waals surface area contributed by atoms with Crippen LogP contribution in [0.1, 0.15) is 81.3 Å². The Bertz CT molecular complexity index is 397. The van der Waals surface area contributed by atoms with Gasteiger partial charge in [0.25, 0.3) is 0 Å². The topological polar surface area (TPSA) is 24.9 Å². The summed E-state index contributed by atoms with van der Waals surface area (Å²) in [7, 11) is 0. The smallest absolute Gasteiger partial charge is 0.0962 e. The minimum Gasteiger partial charge on any atom is -0.307 e. The van der Waals surface area contributed by atoms with Gasteiger partial charge in [0.05, 0.1) is 10.7 Å². The second-order valence-electron chi connectivity index (χ2n) is 6.71. The van der Waals surface area contributed by atoms with Gasteiger partial charge in [0.1, 0.15) is 0 Å². The number of nitrogens with zero attached hydrogens (tertiary/aromatic N) is 1. The molecule has 0 atom stereocenters. The summed E-state index contributed by atoms with van der Waals surface area (Å²) in [5.41, 5.74) is 1.50. The van der Waals surface area contributed by atoms with Gasteiger partial charge in [-0.05, 0) is 40.0 Å². The zero-order chi connectivity index (χ0) is 13.9. The van der Waals surface area contributed by atoms with E-state index in [1.165, 1.54) is 47.7 Å². The maximum absolute atomic E-state index is 4.93. The molecule has 0 bridgehead atoms. The molecule has 1 aliphatic rings. The molecule has 1 aromatic heterocycles. The van der Waals surface area contributed by atoms with Gasteiger partial charge in [0.15, 0.2) is 0 Å². The SMILES string of the molecule is CCc1nc(C2CCCCC2)sc1CNC(C)(C)C. The highest BCUT2D eigenvalue weighted by molar-refractivity contribution is 7.11. The molecule has 0 radical (unpaired) electrons. The lowest BCUT2D eigenvalue weighted by atomic mass is 9.90. The lowest BCUT2D eigenvalue weighted by molar-refractivity contribution is 0.425. The fourth-order valence-corrected chi connectivity index (χ4v) is 3.95. The van der Waals surface area contributed by atoms with Crippen molar-refractivity contribution in [2.45, 2.75) is 84.2 Å². The number of aromatic nitrogens is 1. The van der Waals surface area contributed by atoms with E-state index in [2.05, 4.69) is 33.0 Å². The average Bonchev–Trinajstić information content (AvgIpc) is 2.80. The van der Waals surface area contributed by atoms with Gasteiger partial charge >= 0.3 is 0 Å². The van der Waals surface area contributed by atoms with Gasteiger partial charge in [0.2, 0.25) is 0 Å². The first-order chi connectivity index (χ1) is 8.99. The third-order valence-corrected chi connectivity index (χ3v) is 5.12. The van der Waals surface area contributed by atoms with Crippen LogP contribution in [-0.2, 0) is 13.0 Å². The van der Waals surface area contributed by atoms with E-state index in [9.17, 15) is 0 Å². The molecule has 19 heavy (non-hydrogen) atoms. The van der Waals surface area contributed by atoms with Crippen molar-refractivity contribution in [1.29, 1.82) is 0 Å². The molecule has 1 fully saturated rings. The van der Waals surface area contributed by atoms with Crippen molar-refractivity contribution in [2.75, 3.05) is 0 Å². The van der Waals surface area contributed by atoms with Crippen molar-refractivity contribution in [1.82, 2.24) is 10.3 Å². The van der Waals surface area contributed by atoms with Crippen LogP contribution < -0.4 is 5.32 Å². The second-order valence-corrected chi connectivity index (χ2v) is 7.83. The lowest BCUT2D eigenvalue weighted by Gasteiger charge is -2.20. The van der Waals surface area contributed by atoms with Crippen molar-refractivity contribution in [3.8, 4) is 0 Å². The molecule has 1 aromatic rings. The van der Waals surface area contributed by atoms with Gasteiger partial charge in [-0.15, -0.1) is 11.3 Å². The maximum Gasteiger partial charge on any atom is 0.0962 e. The highest BCUT2D eigenvalue weighted by Gasteiger charge is 2.21. The molecule has 0 unspecified atom stereocenters. The third kappa shape index (κ3) is 4.28. The number of hydrogen-bond donors (Lipinski definition) is 1. The van der Waals surface area contributed by atoms with Crippen LogP contribution in [0.15, 0.2) is 0 Å². The minimum absolute atomic E-state index is 0.181. The van der Waals surface area contributed by atoms with Crippen LogP contribution >= 0.6 is 11.3 Å². The van der Waals surface area contributed by atoms with Crippen LogP contribution in [0.25, 0.3) is 0 Å². The first-order valence-corrected chi connectivity index (χ1v) is 8.54. The Hall–Kier alpha value is -0.410. The number of thiazole rings is 1. The molecule has 1 heterocycles. The van der Waals surface area contributed by atoms with E-state index in [-0.39, 0.29) is 5.54 Å². The zero-order valence-electron chi connectivity index (χ0n) is 12.9. The molecule has 0 aromatic carbocycles. The zero-order valence-corrected chi connectivity index (χ0v) is 13.7.